The number of fused-ring (bicyclic) bond motifs is 1. The first-order valence-electron chi connectivity index (χ1n) is 10.8. The molecule has 0 amide bonds. The maximum atomic E-state index is 11.8. The second kappa shape index (κ2) is 8.49. The molecule has 1 aromatic heterocycles. The predicted octanol–water partition coefficient (Wildman–Crippen LogP) is 5.50. The zero-order chi connectivity index (χ0) is 23.0. The number of anilines is 1. The Kier molecular flexibility index (Phi) is 5.89. The van der Waals surface area contributed by atoms with Crippen molar-refractivity contribution in [2.75, 3.05) is 18.4 Å². The molecule has 2 aromatic rings. The van der Waals surface area contributed by atoms with E-state index in [9.17, 15) is 14.7 Å². The van der Waals surface area contributed by atoms with Gasteiger partial charge in [0.15, 0.2) is 11.6 Å². The van der Waals surface area contributed by atoms with Crippen LogP contribution in [0.5, 0.6) is 5.75 Å². The number of likely N-dealkylation sites (tertiary alicyclic amines) is 1. The van der Waals surface area contributed by atoms with Gasteiger partial charge in [0.05, 0.1) is 22.1 Å². The Morgan fingerprint density at radius 1 is 1.28 bits per heavy atom. The number of thiophene rings is 1. The van der Waals surface area contributed by atoms with E-state index >= 15 is 0 Å². The predicted molar refractivity (Wildman–Crippen MR) is 127 cm³/mol. The van der Waals surface area contributed by atoms with E-state index in [1.54, 1.807) is 30.3 Å². The average molecular weight is 453 g/mol. The van der Waals surface area contributed by atoms with Crippen LogP contribution < -0.4 is 10.1 Å². The van der Waals surface area contributed by atoms with Crippen LogP contribution in [0.25, 0.3) is 5.57 Å². The molecule has 0 spiro atoms. The lowest BCUT2D eigenvalue weighted by Gasteiger charge is -2.39. The summed E-state index contributed by atoms with van der Waals surface area (Å²) in [5, 5.41) is 12.8. The number of aromatic carboxylic acids is 1. The molecule has 1 fully saturated rings. The quantitative estimate of drug-likeness (QED) is 0.584. The summed E-state index contributed by atoms with van der Waals surface area (Å²) in [6.45, 7) is 10.3. The average Bonchev–Trinajstić information content (AvgIpc) is 3.09. The smallest absolute Gasteiger partial charge is 0.337 e. The number of nitrogens with one attached hydrogen (secondary N) is 1. The molecule has 2 N–H and O–H groups in total. The zero-order valence-electron chi connectivity index (χ0n) is 18.8. The highest BCUT2D eigenvalue weighted by Gasteiger charge is 2.33. The number of para-hydroxylation sites is 1. The highest BCUT2D eigenvalue weighted by Crippen LogP contribution is 2.47. The molecular weight excluding hydrogens is 424 g/mol. The van der Waals surface area contributed by atoms with Crippen molar-refractivity contribution in [3.63, 3.8) is 0 Å². The molecule has 7 heteroatoms. The molecule has 6 nitrogen and oxygen atoms in total. The number of rotatable bonds is 5. The van der Waals surface area contributed by atoms with Gasteiger partial charge in [0, 0.05) is 35.3 Å². The molecule has 0 saturated carbocycles. The van der Waals surface area contributed by atoms with Gasteiger partial charge in [-0.1, -0.05) is 26.0 Å². The Bertz CT molecular complexity index is 1130. The van der Waals surface area contributed by atoms with Gasteiger partial charge in [-0.2, -0.15) is 0 Å². The molecule has 0 bridgehead atoms. The van der Waals surface area contributed by atoms with Crippen LogP contribution in [0, 0.1) is 12.3 Å². The van der Waals surface area contributed by atoms with E-state index in [-0.39, 0.29) is 11.6 Å². The van der Waals surface area contributed by atoms with Crippen molar-refractivity contribution >= 4 is 34.5 Å². The van der Waals surface area contributed by atoms with Gasteiger partial charge < -0.3 is 20.1 Å². The molecule has 1 aromatic carbocycles. The van der Waals surface area contributed by atoms with Gasteiger partial charge in [-0.05, 0) is 44.2 Å². The van der Waals surface area contributed by atoms with E-state index < -0.39 is 5.97 Å². The van der Waals surface area contributed by atoms with Crippen molar-refractivity contribution in [1.82, 2.24) is 4.90 Å². The van der Waals surface area contributed by atoms with Crippen LogP contribution >= 0.6 is 11.3 Å². The molecule has 32 heavy (non-hydrogen) atoms. The fraction of sp³-hybridized carbons (Fsp3) is 0.400. The summed E-state index contributed by atoms with van der Waals surface area (Å²) in [7, 11) is 0. The van der Waals surface area contributed by atoms with Gasteiger partial charge in [0.25, 0.3) is 0 Å². The molecule has 0 aliphatic carbocycles. The van der Waals surface area contributed by atoms with E-state index in [0.29, 0.717) is 28.3 Å². The van der Waals surface area contributed by atoms with Crippen molar-refractivity contribution in [3.05, 3.63) is 57.1 Å². The van der Waals surface area contributed by atoms with Gasteiger partial charge in [0.1, 0.15) is 5.94 Å². The summed E-state index contributed by atoms with van der Waals surface area (Å²) in [5.74, 6) is 2.46. The Labute approximate surface area is 192 Å². The number of benzene rings is 1. The fourth-order valence-electron chi connectivity index (χ4n) is 4.30. The molecule has 3 heterocycles. The Morgan fingerprint density at radius 3 is 2.62 bits per heavy atom. The van der Waals surface area contributed by atoms with Crippen molar-refractivity contribution in [2.24, 2.45) is 5.41 Å². The van der Waals surface area contributed by atoms with Crippen molar-refractivity contribution in [2.45, 2.75) is 46.6 Å². The minimum Gasteiger partial charge on any atom is -0.478 e. The maximum absolute atomic E-state index is 11.8. The van der Waals surface area contributed by atoms with E-state index in [4.69, 9.17) is 4.74 Å². The topological polar surface area (TPSA) is 78.9 Å². The highest BCUT2D eigenvalue weighted by molar-refractivity contribution is 7.13. The lowest BCUT2D eigenvalue weighted by atomic mass is 9.83. The van der Waals surface area contributed by atoms with Crippen LogP contribution in [0.2, 0.25) is 0 Å². The largest absolute Gasteiger partial charge is 0.478 e. The van der Waals surface area contributed by atoms with Crippen molar-refractivity contribution < 1.29 is 19.4 Å². The second-order valence-electron chi connectivity index (χ2n) is 9.20. The van der Waals surface area contributed by atoms with Crippen LogP contribution in [0.4, 0.5) is 5.69 Å². The van der Waals surface area contributed by atoms with Gasteiger partial charge in [-0.15, -0.1) is 11.3 Å². The number of carboxylic acids is 1. The van der Waals surface area contributed by atoms with Crippen molar-refractivity contribution in [3.8, 4) is 5.75 Å². The van der Waals surface area contributed by atoms with Crippen molar-refractivity contribution in [1.29, 1.82) is 0 Å². The molecular formula is C25H28N2O4S. The number of hydrogen-bond donors (Lipinski definition) is 2. The minimum atomic E-state index is -0.981. The number of ether oxygens (including phenoxy) is 1. The third-order valence-electron chi connectivity index (χ3n) is 6.31. The third kappa shape index (κ3) is 4.18. The summed E-state index contributed by atoms with van der Waals surface area (Å²) in [4.78, 5) is 27.4. The van der Waals surface area contributed by atoms with E-state index in [1.165, 1.54) is 11.3 Å². The Hall–Kier alpha value is -3.02. The lowest BCUT2D eigenvalue weighted by molar-refractivity contribution is 0.0698. The zero-order valence-corrected chi connectivity index (χ0v) is 19.6. The second-order valence-corrected chi connectivity index (χ2v) is 10.4. The van der Waals surface area contributed by atoms with Crippen LogP contribution in [-0.4, -0.2) is 35.0 Å². The highest BCUT2D eigenvalue weighted by atomic mass is 32.1. The molecule has 4 rings (SSSR count). The van der Waals surface area contributed by atoms with Crippen LogP contribution in [-0.2, 0) is 4.79 Å². The molecule has 0 radical (unpaired) electrons. The van der Waals surface area contributed by atoms with Crippen LogP contribution in [0.3, 0.4) is 0 Å². The molecule has 1 atom stereocenters. The summed E-state index contributed by atoms with van der Waals surface area (Å²) >= 11 is 1.50. The van der Waals surface area contributed by atoms with Gasteiger partial charge in [-0.25, -0.2) is 9.59 Å². The number of allylic oxidation sites excluding steroid dienone is 2. The molecule has 168 valence electrons. The fourth-order valence-corrected chi connectivity index (χ4v) is 5.45. The first-order valence-corrected chi connectivity index (χ1v) is 11.6. The number of carbonyl (C=O) groups excluding carboxylic acids is 1. The first kappa shape index (κ1) is 22.2. The monoisotopic (exact) mass is 452 g/mol. The normalized spacial score (nSPS) is 18.2. The number of carboxylic acid groups (broad SMARTS) is 1. The number of hydrogen-bond acceptors (Lipinski definition) is 6. The third-order valence-corrected chi connectivity index (χ3v) is 7.44. The van der Waals surface area contributed by atoms with E-state index in [0.717, 1.165) is 41.2 Å². The summed E-state index contributed by atoms with van der Waals surface area (Å²) < 4.78 is 6.40. The standard InChI is InChI=1S/C25H28N2O4S/c1-15(26-19-8-6-5-7-18(19)24(29)30)21-16(2)32-23-17(14-28)13-20(31-22(21)23)27-11-9-25(3,4)10-12-27/h5-8,13,15,26H,9-12H2,1-4H3,(H,29,30). The van der Waals surface area contributed by atoms with Gasteiger partial charge in [-0.3, -0.25) is 0 Å². The van der Waals surface area contributed by atoms with Crippen LogP contribution in [0.1, 0.15) is 65.3 Å². The summed E-state index contributed by atoms with van der Waals surface area (Å²) in [6.07, 6.45) is 3.91. The lowest BCUT2D eigenvalue weighted by Crippen LogP contribution is -2.38. The molecule has 2 aliphatic heterocycles. The maximum Gasteiger partial charge on any atom is 0.337 e. The number of carbonyl (C=O) groups is 1. The van der Waals surface area contributed by atoms with Gasteiger partial charge >= 0.3 is 5.97 Å². The summed E-state index contributed by atoms with van der Waals surface area (Å²) in [6, 6.07) is 6.63. The first-order chi connectivity index (χ1) is 15.2. The van der Waals surface area contributed by atoms with Crippen LogP contribution in [0.15, 0.2) is 36.2 Å². The number of nitrogens with zero attached hydrogens (tertiary/aromatic N) is 1. The number of piperidine rings is 1. The van der Waals surface area contributed by atoms with Gasteiger partial charge in [0.2, 0.25) is 0 Å². The van der Waals surface area contributed by atoms with E-state index in [1.807, 2.05) is 13.8 Å². The Balaban J connectivity index is 1.65. The van der Waals surface area contributed by atoms with E-state index in [2.05, 4.69) is 30.0 Å². The SMILES string of the molecule is Cc1sc2c(c1C(C)Nc1ccccc1C(=O)O)OC(N1CCC(C)(C)CC1)=CC2=C=O. The summed E-state index contributed by atoms with van der Waals surface area (Å²) in [5.41, 5.74) is 2.50. The number of aryl methyl sites for hydroxylation is 1. The minimum absolute atomic E-state index is 0.215. The Morgan fingerprint density at radius 2 is 1.97 bits per heavy atom. The molecule has 1 unspecified atom stereocenters. The molecule has 2 aliphatic rings. The molecule has 1 saturated heterocycles.